The maximum Gasteiger partial charge on any atom is 0.339 e. The Kier molecular flexibility index (Phi) is 3.84. The van der Waals surface area contributed by atoms with E-state index in [9.17, 15) is 14.3 Å². The third kappa shape index (κ3) is 2.30. The zero-order chi connectivity index (χ0) is 12.3. The Morgan fingerprint density at radius 3 is 2.56 bits per heavy atom. The van der Waals surface area contributed by atoms with E-state index < -0.39 is 17.9 Å². The summed E-state index contributed by atoms with van der Waals surface area (Å²) in [5, 5.41) is 9.53. The number of halogens is 1. The molecule has 0 bridgehead atoms. The number of aliphatic hydroxyl groups is 1. The topological polar surface area (TPSA) is 55.8 Å². The van der Waals surface area contributed by atoms with Gasteiger partial charge in [0.05, 0.1) is 14.2 Å². The Labute approximate surface area is 92.6 Å². The zero-order valence-corrected chi connectivity index (χ0v) is 9.28. The van der Waals surface area contributed by atoms with Crippen molar-refractivity contribution in [2.75, 3.05) is 14.2 Å². The lowest BCUT2D eigenvalue weighted by atomic mass is 10.1. The molecular formula is C11H13FO4. The standard InChI is InChI=1S/C11H13FO4/c1-6-8(12)4-7(5-9(6)15-2)10(13)11(14)16-3/h4-5,10,13H,1-3H3. The Morgan fingerprint density at radius 2 is 2.06 bits per heavy atom. The second-order valence-electron chi connectivity index (χ2n) is 3.26. The smallest absolute Gasteiger partial charge is 0.339 e. The fourth-order valence-electron chi connectivity index (χ4n) is 1.29. The van der Waals surface area contributed by atoms with Gasteiger partial charge in [-0.1, -0.05) is 0 Å². The molecule has 0 saturated carbocycles. The first kappa shape index (κ1) is 12.4. The van der Waals surface area contributed by atoms with E-state index in [1.165, 1.54) is 13.2 Å². The molecule has 1 aromatic rings. The van der Waals surface area contributed by atoms with Crippen LogP contribution in [0.5, 0.6) is 5.75 Å². The van der Waals surface area contributed by atoms with Crippen molar-refractivity contribution in [2.45, 2.75) is 13.0 Å². The largest absolute Gasteiger partial charge is 0.496 e. The minimum atomic E-state index is -1.51. The van der Waals surface area contributed by atoms with Gasteiger partial charge in [0.25, 0.3) is 0 Å². The van der Waals surface area contributed by atoms with Crippen molar-refractivity contribution in [3.05, 3.63) is 29.1 Å². The van der Waals surface area contributed by atoms with Crippen LogP contribution in [-0.4, -0.2) is 25.3 Å². The van der Waals surface area contributed by atoms with Crippen LogP contribution in [0, 0.1) is 12.7 Å². The molecule has 1 atom stereocenters. The van der Waals surface area contributed by atoms with E-state index in [-0.39, 0.29) is 11.3 Å². The van der Waals surface area contributed by atoms with Crippen LogP contribution in [0.4, 0.5) is 4.39 Å². The van der Waals surface area contributed by atoms with E-state index in [1.807, 2.05) is 0 Å². The lowest BCUT2D eigenvalue weighted by Crippen LogP contribution is -2.14. The first-order valence-electron chi connectivity index (χ1n) is 4.61. The number of carbonyl (C=O) groups is 1. The van der Waals surface area contributed by atoms with E-state index in [4.69, 9.17) is 4.74 Å². The van der Waals surface area contributed by atoms with Gasteiger partial charge in [-0.3, -0.25) is 0 Å². The monoisotopic (exact) mass is 228 g/mol. The zero-order valence-electron chi connectivity index (χ0n) is 9.28. The number of esters is 1. The number of ether oxygens (including phenoxy) is 2. The van der Waals surface area contributed by atoms with Crippen molar-refractivity contribution in [2.24, 2.45) is 0 Å². The molecule has 1 N–H and O–H groups in total. The van der Waals surface area contributed by atoms with Crippen LogP contribution in [0.1, 0.15) is 17.2 Å². The van der Waals surface area contributed by atoms with Gasteiger partial charge in [-0.05, 0) is 24.6 Å². The van der Waals surface area contributed by atoms with Crippen molar-refractivity contribution in [3.8, 4) is 5.75 Å². The molecule has 0 amide bonds. The van der Waals surface area contributed by atoms with Crippen LogP contribution in [0.25, 0.3) is 0 Å². The van der Waals surface area contributed by atoms with Gasteiger partial charge < -0.3 is 14.6 Å². The Hall–Kier alpha value is -1.62. The summed E-state index contributed by atoms with van der Waals surface area (Å²) in [5.41, 5.74) is 0.426. The summed E-state index contributed by atoms with van der Waals surface area (Å²) in [6.45, 7) is 1.54. The maximum atomic E-state index is 13.4. The van der Waals surface area contributed by atoms with E-state index >= 15 is 0 Å². The molecule has 0 saturated heterocycles. The predicted octanol–water partition coefficient (Wildman–Crippen LogP) is 1.35. The SMILES string of the molecule is COC(=O)C(O)c1cc(F)c(C)c(OC)c1. The number of hydrogen-bond acceptors (Lipinski definition) is 4. The van der Waals surface area contributed by atoms with Crippen molar-refractivity contribution in [1.29, 1.82) is 0 Å². The Bertz CT molecular complexity index is 403. The van der Waals surface area contributed by atoms with Crippen LogP contribution < -0.4 is 4.74 Å². The first-order valence-corrected chi connectivity index (χ1v) is 4.61. The lowest BCUT2D eigenvalue weighted by molar-refractivity contribution is -0.150. The van der Waals surface area contributed by atoms with E-state index in [1.54, 1.807) is 6.92 Å². The van der Waals surface area contributed by atoms with Crippen LogP contribution in [-0.2, 0) is 9.53 Å². The highest BCUT2D eigenvalue weighted by Crippen LogP contribution is 2.26. The van der Waals surface area contributed by atoms with Crippen LogP contribution in [0.2, 0.25) is 0 Å². The molecule has 16 heavy (non-hydrogen) atoms. The van der Waals surface area contributed by atoms with Crippen LogP contribution in [0.3, 0.4) is 0 Å². The highest BCUT2D eigenvalue weighted by atomic mass is 19.1. The number of hydrogen-bond donors (Lipinski definition) is 1. The normalized spacial score (nSPS) is 12.1. The summed E-state index contributed by atoms with van der Waals surface area (Å²) in [6, 6.07) is 2.49. The van der Waals surface area contributed by atoms with Gasteiger partial charge in [-0.25, -0.2) is 9.18 Å². The number of aliphatic hydroxyl groups excluding tert-OH is 1. The van der Waals surface area contributed by atoms with E-state index in [2.05, 4.69) is 4.74 Å². The summed E-state index contributed by atoms with van der Waals surface area (Å²) < 4.78 is 22.7. The molecule has 0 aliphatic carbocycles. The molecule has 0 aliphatic heterocycles. The van der Waals surface area contributed by atoms with Gasteiger partial charge in [-0.2, -0.15) is 0 Å². The van der Waals surface area contributed by atoms with Gasteiger partial charge in [0.15, 0.2) is 6.10 Å². The lowest BCUT2D eigenvalue weighted by Gasteiger charge is -2.12. The third-order valence-electron chi connectivity index (χ3n) is 2.28. The molecule has 88 valence electrons. The molecule has 5 heteroatoms. The number of benzene rings is 1. The molecule has 4 nitrogen and oxygen atoms in total. The summed E-state index contributed by atoms with van der Waals surface area (Å²) >= 11 is 0. The van der Waals surface area contributed by atoms with Crippen molar-refractivity contribution in [3.63, 3.8) is 0 Å². The number of carbonyl (C=O) groups excluding carboxylic acids is 1. The van der Waals surface area contributed by atoms with Gasteiger partial charge in [-0.15, -0.1) is 0 Å². The van der Waals surface area contributed by atoms with Crippen LogP contribution >= 0.6 is 0 Å². The van der Waals surface area contributed by atoms with Crippen molar-refractivity contribution in [1.82, 2.24) is 0 Å². The second-order valence-corrected chi connectivity index (χ2v) is 3.26. The second kappa shape index (κ2) is 4.94. The molecular weight excluding hydrogens is 215 g/mol. The van der Waals surface area contributed by atoms with E-state index in [0.717, 1.165) is 13.2 Å². The molecule has 1 aromatic carbocycles. The summed E-state index contributed by atoms with van der Waals surface area (Å²) in [6.07, 6.45) is -1.51. The quantitative estimate of drug-likeness (QED) is 0.793. The van der Waals surface area contributed by atoms with Gasteiger partial charge >= 0.3 is 5.97 Å². The highest BCUT2D eigenvalue weighted by Gasteiger charge is 2.20. The third-order valence-corrected chi connectivity index (χ3v) is 2.28. The fourth-order valence-corrected chi connectivity index (χ4v) is 1.29. The van der Waals surface area contributed by atoms with Crippen molar-refractivity contribution < 1.29 is 23.8 Å². The van der Waals surface area contributed by atoms with Gasteiger partial charge in [0.1, 0.15) is 11.6 Å². The first-order chi connectivity index (χ1) is 7.51. The van der Waals surface area contributed by atoms with E-state index in [0.29, 0.717) is 5.56 Å². The minimum absolute atomic E-state index is 0.104. The molecule has 0 fully saturated rings. The van der Waals surface area contributed by atoms with Gasteiger partial charge in [0.2, 0.25) is 0 Å². The molecule has 0 aromatic heterocycles. The predicted molar refractivity (Wildman–Crippen MR) is 54.7 cm³/mol. The number of methoxy groups -OCH3 is 2. The minimum Gasteiger partial charge on any atom is -0.496 e. The van der Waals surface area contributed by atoms with Crippen LogP contribution in [0.15, 0.2) is 12.1 Å². The maximum absolute atomic E-state index is 13.4. The molecule has 0 radical (unpaired) electrons. The van der Waals surface area contributed by atoms with Crippen molar-refractivity contribution >= 4 is 5.97 Å². The fraction of sp³-hybridized carbons (Fsp3) is 0.364. The summed E-state index contributed by atoms with van der Waals surface area (Å²) in [5.74, 6) is -1.11. The Balaban J connectivity index is 3.16. The average Bonchev–Trinajstić information content (AvgIpc) is 2.30. The molecule has 1 rings (SSSR count). The Morgan fingerprint density at radius 1 is 1.44 bits per heavy atom. The van der Waals surface area contributed by atoms with Gasteiger partial charge in [0, 0.05) is 5.56 Å². The molecule has 0 spiro atoms. The molecule has 0 aliphatic rings. The highest BCUT2D eigenvalue weighted by molar-refractivity contribution is 5.76. The molecule has 1 unspecified atom stereocenters. The summed E-state index contributed by atoms with van der Waals surface area (Å²) in [4.78, 5) is 11.1. The average molecular weight is 228 g/mol. The molecule has 0 heterocycles. The summed E-state index contributed by atoms with van der Waals surface area (Å²) in [7, 11) is 2.53. The number of rotatable bonds is 3.